The van der Waals surface area contributed by atoms with Crippen molar-refractivity contribution in [3.8, 4) is 0 Å². The van der Waals surface area contributed by atoms with Crippen LogP contribution in [0.15, 0.2) is 36.5 Å². The number of halogens is 1. The van der Waals surface area contributed by atoms with Crippen molar-refractivity contribution in [1.29, 1.82) is 0 Å². The molecular formula is C13H11ClN2O2. The first-order valence-electron chi connectivity index (χ1n) is 5.29. The van der Waals surface area contributed by atoms with Crippen LogP contribution in [-0.2, 0) is 0 Å². The van der Waals surface area contributed by atoms with Crippen LogP contribution in [0.25, 0.3) is 0 Å². The van der Waals surface area contributed by atoms with Gasteiger partial charge in [0, 0.05) is 6.20 Å². The Kier molecular flexibility index (Phi) is 3.48. The van der Waals surface area contributed by atoms with Gasteiger partial charge in [-0.2, -0.15) is 0 Å². The first-order valence-corrected chi connectivity index (χ1v) is 5.67. The molecule has 18 heavy (non-hydrogen) atoms. The van der Waals surface area contributed by atoms with Gasteiger partial charge in [0.2, 0.25) is 0 Å². The Morgan fingerprint density at radius 2 is 2.17 bits per heavy atom. The molecule has 2 aromatic rings. The summed E-state index contributed by atoms with van der Waals surface area (Å²) < 4.78 is 0. The van der Waals surface area contributed by atoms with Gasteiger partial charge >= 0.3 is 5.97 Å². The van der Waals surface area contributed by atoms with Gasteiger partial charge in [0.1, 0.15) is 11.4 Å². The van der Waals surface area contributed by atoms with Gasteiger partial charge in [0.15, 0.2) is 0 Å². The normalized spacial score (nSPS) is 10.1. The Morgan fingerprint density at radius 1 is 1.39 bits per heavy atom. The lowest BCUT2D eigenvalue weighted by molar-refractivity contribution is 0.0697. The summed E-state index contributed by atoms with van der Waals surface area (Å²) in [5, 5.41) is 12.5. The van der Waals surface area contributed by atoms with Gasteiger partial charge in [-0.25, -0.2) is 9.78 Å². The molecule has 1 aromatic carbocycles. The number of nitrogens with zero attached hydrogens (tertiary/aromatic N) is 1. The molecule has 0 saturated heterocycles. The van der Waals surface area contributed by atoms with E-state index in [0.29, 0.717) is 10.7 Å². The summed E-state index contributed by atoms with van der Waals surface area (Å²) in [6.45, 7) is 1.93. The standard InChI is InChI=1S/C13H11ClN2O2/c1-8-4-5-11(10(14)7-8)16-12-9(13(17)18)3-2-6-15-12/h2-7H,1H3,(H,15,16)(H,17,18). The second-order valence-corrected chi connectivity index (χ2v) is 4.22. The van der Waals surface area contributed by atoms with Crippen molar-refractivity contribution in [3.05, 3.63) is 52.7 Å². The number of pyridine rings is 1. The fourth-order valence-electron chi connectivity index (χ4n) is 1.53. The summed E-state index contributed by atoms with van der Waals surface area (Å²) in [5.41, 5.74) is 1.77. The number of benzene rings is 1. The van der Waals surface area contributed by atoms with Crippen LogP contribution >= 0.6 is 11.6 Å². The van der Waals surface area contributed by atoms with Crippen molar-refractivity contribution in [3.63, 3.8) is 0 Å². The van der Waals surface area contributed by atoms with E-state index in [1.165, 1.54) is 12.3 Å². The maximum Gasteiger partial charge on any atom is 0.339 e. The minimum absolute atomic E-state index is 0.106. The van der Waals surface area contributed by atoms with Crippen LogP contribution in [0.1, 0.15) is 15.9 Å². The number of carboxylic acids is 1. The summed E-state index contributed by atoms with van der Waals surface area (Å²) in [6, 6.07) is 8.54. The lowest BCUT2D eigenvalue weighted by atomic mass is 10.2. The molecule has 5 heteroatoms. The van der Waals surface area contributed by atoms with Crippen molar-refractivity contribution >= 4 is 29.1 Å². The summed E-state index contributed by atoms with van der Waals surface area (Å²) >= 11 is 6.07. The van der Waals surface area contributed by atoms with Gasteiger partial charge in [0.25, 0.3) is 0 Å². The summed E-state index contributed by atoms with van der Waals surface area (Å²) in [5.74, 6) is -0.760. The van der Waals surface area contributed by atoms with Gasteiger partial charge in [0.05, 0.1) is 10.7 Å². The van der Waals surface area contributed by atoms with Gasteiger partial charge in [-0.05, 0) is 36.8 Å². The predicted molar refractivity (Wildman–Crippen MR) is 70.7 cm³/mol. The molecule has 0 unspecified atom stereocenters. The maximum absolute atomic E-state index is 11.0. The molecule has 0 bridgehead atoms. The molecule has 0 radical (unpaired) electrons. The zero-order chi connectivity index (χ0) is 13.1. The van der Waals surface area contributed by atoms with Gasteiger partial charge in [-0.3, -0.25) is 0 Å². The number of nitrogens with one attached hydrogen (secondary N) is 1. The van der Waals surface area contributed by atoms with E-state index < -0.39 is 5.97 Å². The van der Waals surface area contributed by atoms with Crippen LogP contribution in [0.5, 0.6) is 0 Å². The molecule has 0 amide bonds. The molecule has 0 aliphatic carbocycles. The van der Waals surface area contributed by atoms with E-state index in [1.807, 2.05) is 13.0 Å². The second-order valence-electron chi connectivity index (χ2n) is 3.81. The third-order valence-corrected chi connectivity index (χ3v) is 2.73. The van der Waals surface area contributed by atoms with E-state index in [4.69, 9.17) is 16.7 Å². The lowest BCUT2D eigenvalue weighted by Gasteiger charge is -2.10. The number of carboxylic acid groups (broad SMARTS) is 1. The highest BCUT2D eigenvalue weighted by atomic mass is 35.5. The molecule has 0 aliphatic heterocycles. The zero-order valence-corrected chi connectivity index (χ0v) is 10.4. The number of aromatic nitrogens is 1. The largest absolute Gasteiger partial charge is 0.478 e. The van der Waals surface area contributed by atoms with Crippen molar-refractivity contribution in [2.45, 2.75) is 6.92 Å². The van der Waals surface area contributed by atoms with Crippen molar-refractivity contribution in [2.24, 2.45) is 0 Å². The Balaban J connectivity index is 2.37. The van der Waals surface area contributed by atoms with Gasteiger partial charge in [-0.15, -0.1) is 0 Å². The van der Waals surface area contributed by atoms with Crippen molar-refractivity contribution in [2.75, 3.05) is 5.32 Å². The van der Waals surface area contributed by atoms with E-state index in [9.17, 15) is 4.79 Å². The average Bonchev–Trinajstić information content (AvgIpc) is 2.33. The fraction of sp³-hybridized carbons (Fsp3) is 0.0769. The summed E-state index contributed by atoms with van der Waals surface area (Å²) in [4.78, 5) is 15.0. The Morgan fingerprint density at radius 3 is 2.83 bits per heavy atom. The van der Waals surface area contributed by atoms with E-state index >= 15 is 0 Å². The minimum atomic E-state index is -1.03. The SMILES string of the molecule is Cc1ccc(Nc2ncccc2C(=O)O)c(Cl)c1. The summed E-state index contributed by atoms with van der Waals surface area (Å²) in [6.07, 6.45) is 1.52. The molecular weight excluding hydrogens is 252 g/mol. The molecule has 0 spiro atoms. The van der Waals surface area contributed by atoms with Crippen LogP contribution in [0.3, 0.4) is 0 Å². The molecule has 0 atom stereocenters. The number of carbonyl (C=O) groups is 1. The highest BCUT2D eigenvalue weighted by Crippen LogP contribution is 2.26. The molecule has 0 fully saturated rings. The van der Waals surface area contributed by atoms with Crippen LogP contribution in [0, 0.1) is 6.92 Å². The van der Waals surface area contributed by atoms with E-state index in [-0.39, 0.29) is 11.4 Å². The maximum atomic E-state index is 11.0. The number of aromatic carboxylic acids is 1. The molecule has 0 aliphatic rings. The third kappa shape index (κ3) is 2.60. The quantitative estimate of drug-likeness (QED) is 0.889. The smallest absolute Gasteiger partial charge is 0.339 e. The Bertz CT molecular complexity index is 599. The second kappa shape index (κ2) is 5.06. The molecule has 2 rings (SSSR count). The van der Waals surface area contributed by atoms with Crippen LogP contribution < -0.4 is 5.32 Å². The van der Waals surface area contributed by atoms with E-state index in [2.05, 4.69) is 10.3 Å². The van der Waals surface area contributed by atoms with Crippen LogP contribution in [0.4, 0.5) is 11.5 Å². The topological polar surface area (TPSA) is 62.2 Å². The third-order valence-electron chi connectivity index (χ3n) is 2.42. The Hall–Kier alpha value is -2.07. The lowest BCUT2D eigenvalue weighted by Crippen LogP contribution is -2.04. The molecule has 4 nitrogen and oxygen atoms in total. The zero-order valence-electron chi connectivity index (χ0n) is 9.64. The van der Waals surface area contributed by atoms with E-state index in [0.717, 1.165) is 5.56 Å². The predicted octanol–water partition coefficient (Wildman–Crippen LogP) is 3.49. The number of rotatable bonds is 3. The minimum Gasteiger partial charge on any atom is -0.478 e. The molecule has 2 N–H and O–H groups in total. The molecule has 0 saturated carbocycles. The highest BCUT2D eigenvalue weighted by molar-refractivity contribution is 6.33. The number of hydrogen-bond donors (Lipinski definition) is 2. The molecule has 1 heterocycles. The fourth-order valence-corrected chi connectivity index (χ4v) is 1.81. The number of aryl methyl sites for hydroxylation is 1. The van der Waals surface area contributed by atoms with Gasteiger partial charge in [-0.1, -0.05) is 17.7 Å². The first-order chi connectivity index (χ1) is 8.58. The van der Waals surface area contributed by atoms with Crippen molar-refractivity contribution in [1.82, 2.24) is 4.98 Å². The van der Waals surface area contributed by atoms with Crippen LogP contribution in [0.2, 0.25) is 5.02 Å². The number of anilines is 2. The highest BCUT2D eigenvalue weighted by Gasteiger charge is 2.11. The Labute approximate surface area is 109 Å². The number of hydrogen-bond acceptors (Lipinski definition) is 3. The average molecular weight is 263 g/mol. The monoisotopic (exact) mass is 262 g/mol. The summed E-state index contributed by atoms with van der Waals surface area (Å²) in [7, 11) is 0. The van der Waals surface area contributed by atoms with Crippen molar-refractivity contribution < 1.29 is 9.90 Å². The van der Waals surface area contributed by atoms with Gasteiger partial charge < -0.3 is 10.4 Å². The molecule has 92 valence electrons. The van der Waals surface area contributed by atoms with Crippen LogP contribution in [-0.4, -0.2) is 16.1 Å². The first kappa shape index (κ1) is 12.4. The molecule has 1 aromatic heterocycles. The van der Waals surface area contributed by atoms with E-state index in [1.54, 1.807) is 18.2 Å².